The summed E-state index contributed by atoms with van der Waals surface area (Å²) < 4.78 is 5.72. The van der Waals surface area contributed by atoms with Gasteiger partial charge in [0, 0.05) is 12.2 Å². The SMILES string of the molecule is CC(C)Oc1ncccc1NC1CC(C(C)C)C1. The Bertz CT molecular complexity index is 384. The van der Waals surface area contributed by atoms with E-state index in [2.05, 4.69) is 24.1 Å². The lowest BCUT2D eigenvalue weighted by atomic mass is 9.73. The van der Waals surface area contributed by atoms with Crippen LogP contribution in [0, 0.1) is 11.8 Å². The van der Waals surface area contributed by atoms with E-state index in [1.165, 1.54) is 12.8 Å². The summed E-state index contributed by atoms with van der Waals surface area (Å²) in [5.41, 5.74) is 1.03. The molecule has 0 saturated heterocycles. The highest BCUT2D eigenvalue weighted by atomic mass is 16.5. The van der Waals surface area contributed by atoms with E-state index >= 15 is 0 Å². The lowest BCUT2D eigenvalue weighted by Gasteiger charge is -2.39. The molecule has 100 valence electrons. The van der Waals surface area contributed by atoms with Crippen LogP contribution in [0.4, 0.5) is 5.69 Å². The molecule has 0 aromatic carbocycles. The standard InChI is InChI=1S/C15H24N2O/c1-10(2)12-8-13(9-12)17-14-6-5-7-16-15(14)18-11(3)4/h5-7,10-13,17H,8-9H2,1-4H3. The van der Waals surface area contributed by atoms with Gasteiger partial charge in [0.2, 0.25) is 5.88 Å². The molecule has 3 heteroatoms. The first kappa shape index (κ1) is 13.2. The Kier molecular flexibility index (Phi) is 4.10. The number of pyridine rings is 1. The molecular formula is C15H24N2O. The second-order valence-electron chi connectivity index (χ2n) is 5.84. The Balaban J connectivity index is 1.94. The minimum atomic E-state index is 0.158. The summed E-state index contributed by atoms with van der Waals surface area (Å²) in [4.78, 5) is 4.30. The maximum Gasteiger partial charge on any atom is 0.237 e. The first-order chi connectivity index (χ1) is 8.56. The maximum absolute atomic E-state index is 5.72. The van der Waals surface area contributed by atoms with Crippen LogP contribution in [0.15, 0.2) is 18.3 Å². The first-order valence-corrected chi connectivity index (χ1v) is 6.94. The van der Waals surface area contributed by atoms with E-state index in [0.717, 1.165) is 23.4 Å². The molecular weight excluding hydrogens is 224 g/mol. The van der Waals surface area contributed by atoms with Gasteiger partial charge in [0.25, 0.3) is 0 Å². The summed E-state index contributed by atoms with van der Waals surface area (Å²) in [7, 11) is 0. The topological polar surface area (TPSA) is 34.1 Å². The highest BCUT2D eigenvalue weighted by molar-refractivity contribution is 5.53. The molecule has 0 aliphatic heterocycles. The quantitative estimate of drug-likeness (QED) is 0.862. The molecule has 0 spiro atoms. The van der Waals surface area contributed by atoms with Crippen LogP contribution in [0.3, 0.4) is 0 Å². The van der Waals surface area contributed by atoms with E-state index in [9.17, 15) is 0 Å². The normalized spacial score (nSPS) is 23.0. The monoisotopic (exact) mass is 248 g/mol. The third kappa shape index (κ3) is 3.15. The Morgan fingerprint density at radius 3 is 2.61 bits per heavy atom. The average Bonchev–Trinajstić information content (AvgIpc) is 2.23. The van der Waals surface area contributed by atoms with Gasteiger partial charge in [-0.25, -0.2) is 4.98 Å². The van der Waals surface area contributed by atoms with Crippen LogP contribution in [0.25, 0.3) is 0 Å². The summed E-state index contributed by atoms with van der Waals surface area (Å²) in [6.07, 6.45) is 4.45. The zero-order chi connectivity index (χ0) is 13.1. The highest BCUT2D eigenvalue weighted by Gasteiger charge is 2.31. The van der Waals surface area contributed by atoms with Crippen LogP contribution in [-0.4, -0.2) is 17.1 Å². The number of anilines is 1. The molecule has 1 fully saturated rings. The van der Waals surface area contributed by atoms with Crippen molar-refractivity contribution in [2.75, 3.05) is 5.32 Å². The summed E-state index contributed by atoms with van der Waals surface area (Å²) in [6.45, 7) is 8.66. The predicted molar refractivity (Wildman–Crippen MR) is 75.0 cm³/mol. The van der Waals surface area contributed by atoms with Gasteiger partial charge < -0.3 is 10.1 Å². The van der Waals surface area contributed by atoms with E-state index in [1.54, 1.807) is 6.20 Å². The Morgan fingerprint density at radius 2 is 2.00 bits per heavy atom. The van der Waals surface area contributed by atoms with Crippen molar-refractivity contribution in [3.05, 3.63) is 18.3 Å². The maximum atomic E-state index is 5.72. The van der Waals surface area contributed by atoms with Crippen molar-refractivity contribution in [1.29, 1.82) is 0 Å². The van der Waals surface area contributed by atoms with Crippen molar-refractivity contribution in [3.8, 4) is 5.88 Å². The minimum absolute atomic E-state index is 0.158. The smallest absolute Gasteiger partial charge is 0.237 e. The molecule has 2 rings (SSSR count). The van der Waals surface area contributed by atoms with Crippen LogP contribution in [-0.2, 0) is 0 Å². The Hall–Kier alpha value is -1.25. The van der Waals surface area contributed by atoms with E-state index in [1.807, 2.05) is 26.0 Å². The number of ether oxygens (including phenoxy) is 1. The second-order valence-corrected chi connectivity index (χ2v) is 5.84. The molecule has 1 saturated carbocycles. The number of aromatic nitrogens is 1. The molecule has 0 radical (unpaired) electrons. The second kappa shape index (κ2) is 5.59. The third-order valence-electron chi connectivity index (χ3n) is 3.60. The van der Waals surface area contributed by atoms with E-state index in [4.69, 9.17) is 4.74 Å². The van der Waals surface area contributed by atoms with Crippen molar-refractivity contribution >= 4 is 5.69 Å². The molecule has 3 nitrogen and oxygen atoms in total. The fourth-order valence-corrected chi connectivity index (χ4v) is 2.36. The molecule has 1 aliphatic carbocycles. The van der Waals surface area contributed by atoms with Gasteiger partial charge in [-0.2, -0.15) is 0 Å². The fourth-order valence-electron chi connectivity index (χ4n) is 2.36. The Morgan fingerprint density at radius 1 is 1.28 bits per heavy atom. The van der Waals surface area contributed by atoms with Crippen molar-refractivity contribution in [3.63, 3.8) is 0 Å². The molecule has 0 atom stereocenters. The molecule has 18 heavy (non-hydrogen) atoms. The molecule has 1 aromatic heterocycles. The lowest BCUT2D eigenvalue weighted by Crippen LogP contribution is -2.38. The van der Waals surface area contributed by atoms with Gasteiger partial charge in [0.1, 0.15) is 0 Å². The number of rotatable bonds is 5. The van der Waals surface area contributed by atoms with Crippen LogP contribution in [0.2, 0.25) is 0 Å². The van der Waals surface area contributed by atoms with Crippen LogP contribution < -0.4 is 10.1 Å². The van der Waals surface area contributed by atoms with Crippen molar-refractivity contribution in [2.24, 2.45) is 11.8 Å². The van der Waals surface area contributed by atoms with Crippen molar-refractivity contribution in [1.82, 2.24) is 4.98 Å². The number of nitrogens with one attached hydrogen (secondary N) is 1. The molecule has 1 N–H and O–H groups in total. The largest absolute Gasteiger partial charge is 0.473 e. The lowest BCUT2D eigenvalue weighted by molar-refractivity contribution is 0.209. The van der Waals surface area contributed by atoms with Gasteiger partial charge in [-0.05, 0) is 50.7 Å². The van der Waals surface area contributed by atoms with Gasteiger partial charge in [-0.3, -0.25) is 0 Å². The van der Waals surface area contributed by atoms with E-state index in [0.29, 0.717) is 6.04 Å². The molecule has 1 aromatic rings. The summed E-state index contributed by atoms with van der Waals surface area (Å²) >= 11 is 0. The van der Waals surface area contributed by atoms with Gasteiger partial charge in [0.15, 0.2) is 0 Å². The van der Waals surface area contributed by atoms with E-state index < -0.39 is 0 Å². The molecule has 0 unspecified atom stereocenters. The van der Waals surface area contributed by atoms with Crippen molar-refractivity contribution in [2.45, 2.75) is 52.7 Å². The minimum Gasteiger partial charge on any atom is -0.473 e. The van der Waals surface area contributed by atoms with Gasteiger partial charge in [-0.15, -0.1) is 0 Å². The highest BCUT2D eigenvalue weighted by Crippen LogP contribution is 2.36. The molecule has 1 heterocycles. The summed E-state index contributed by atoms with van der Waals surface area (Å²) in [5.74, 6) is 2.39. The average molecular weight is 248 g/mol. The molecule has 0 bridgehead atoms. The van der Waals surface area contributed by atoms with Crippen LogP contribution in [0.1, 0.15) is 40.5 Å². The third-order valence-corrected chi connectivity index (χ3v) is 3.60. The van der Waals surface area contributed by atoms with Crippen LogP contribution in [0.5, 0.6) is 5.88 Å². The van der Waals surface area contributed by atoms with Gasteiger partial charge in [-0.1, -0.05) is 13.8 Å². The first-order valence-electron chi connectivity index (χ1n) is 6.94. The van der Waals surface area contributed by atoms with Gasteiger partial charge in [0.05, 0.1) is 11.8 Å². The van der Waals surface area contributed by atoms with Crippen molar-refractivity contribution < 1.29 is 4.74 Å². The molecule has 1 aliphatic rings. The number of hydrogen-bond donors (Lipinski definition) is 1. The zero-order valence-electron chi connectivity index (χ0n) is 11.8. The fraction of sp³-hybridized carbons (Fsp3) is 0.667. The zero-order valence-corrected chi connectivity index (χ0v) is 11.8. The number of nitrogens with zero attached hydrogens (tertiary/aromatic N) is 1. The number of hydrogen-bond acceptors (Lipinski definition) is 3. The predicted octanol–water partition coefficient (Wildman–Crippen LogP) is 3.72. The van der Waals surface area contributed by atoms with Gasteiger partial charge >= 0.3 is 0 Å². The Labute approximate surface area is 110 Å². The summed E-state index contributed by atoms with van der Waals surface area (Å²) in [5, 5.41) is 3.55. The molecule has 0 amide bonds. The van der Waals surface area contributed by atoms with E-state index in [-0.39, 0.29) is 6.10 Å². The summed E-state index contributed by atoms with van der Waals surface area (Å²) in [6, 6.07) is 4.58. The van der Waals surface area contributed by atoms with Crippen LogP contribution >= 0.6 is 0 Å².